The molecule has 1 aromatic heterocycles. The summed E-state index contributed by atoms with van der Waals surface area (Å²) in [6.07, 6.45) is 0.223. The van der Waals surface area contributed by atoms with Crippen LogP contribution in [-0.2, 0) is 11.2 Å². The molecule has 0 saturated carbocycles. The number of methoxy groups -OCH3 is 2. The van der Waals surface area contributed by atoms with Gasteiger partial charge in [-0.25, -0.2) is 10.4 Å². The smallest absolute Gasteiger partial charge is 0.246 e. The highest BCUT2D eigenvalue weighted by Gasteiger charge is 2.08. The average molecular weight is 333 g/mol. The average Bonchev–Trinajstić information content (AvgIpc) is 2.96. The Balaban J connectivity index is 2.03. The molecule has 23 heavy (non-hydrogen) atoms. The Hall–Kier alpha value is -2.41. The Morgan fingerprint density at radius 2 is 2.04 bits per heavy atom. The minimum absolute atomic E-state index is 0.195. The lowest BCUT2D eigenvalue weighted by atomic mass is 10.1. The predicted molar refractivity (Wildman–Crippen MR) is 90.5 cm³/mol. The molecule has 0 fully saturated rings. The molecule has 0 atom stereocenters. The van der Waals surface area contributed by atoms with Crippen LogP contribution in [0.5, 0.6) is 11.5 Å². The molecule has 0 aliphatic carbocycles. The van der Waals surface area contributed by atoms with Gasteiger partial charge in [-0.15, -0.1) is 11.3 Å². The number of aromatic nitrogens is 1. The minimum Gasteiger partial charge on any atom is -0.493 e. The van der Waals surface area contributed by atoms with Gasteiger partial charge in [0.2, 0.25) is 5.91 Å². The lowest BCUT2D eigenvalue weighted by Crippen LogP contribution is -2.21. The molecule has 2 rings (SSSR count). The number of rotatable bonds is 6. The van der Waals surface area contributed by atoms with Gasteiger partial charge in [0, 0.05) is 16.6 Å². The predicted octanol–water partition coefficient (Wildman–Crippen LogP) is 2.55. The SMILES string of the molecule is COc1ccc(/C(C)=N\NC(=O)Cc2nc(C)cs2)cc1OC. The number of thiazole rings is 1. The van der Waals surface area contributed by atoms with Gasteiger partial charge in [0.05, 0.1) is 26.4 Å². The van der Waals surface area contributed by atoms with Gasteiger partial charge in [-0.1, -0.05) is 0 Å². The van der Waals surface area contributed by atoms with E-state index in [9.17, 15) is 4.79 Å². The quantitative estimate of drug-likeness (QED) is 0.651. The van der Waals surface area contributed by atoms with Crippen molar-refractivity contribution in [3.8, 4) is 11.5 Å². The maximum Gasteiger partial charge on any atom is 0.246 e. The summed E-state index contributed by atoms with van der Waals surface area (Å²) in [5, 5.41) is 6.82. The number of hydrogen-bond acceptors (Lipinski definition) is 6. The Bertz CT molecular complexity index is 725. The molecule has 0 aliphatic heterocycles. The molecule has 0 aliphatic rings. The van der Waals surface area contributed by atoms with Crippen LogP contribution in [0.15, 0.2) is 28.7 Å². The normalized spacial score (nSPS) is 11.2. The lowest BCUT2D eigenvalue weighted by molar-refractivity contribution is -0.120. The van der Waals surface area contributed by atoms with Crippen molar-refractivity contribution in [3.63, 3.8) is 0 Å². The first kappa shape index (κ1) is 17.0. The summed E-state index contributed by atoms with van der Waals surface area (Å²) in [7, 11) is 3.16. The number of nitrogens with one attached hydrogen (secondary N) is 1. The molecule has 0 bridgehead atoms. The molecule has 122 valence electrons. The lowest BCUT2D eigenvalue weighted by Gasteiger charge is -2.09. The van der Waals surface area contributed by atoms with Gasteiger partial charge in [0.25, 0.3) is 0 Å². The highest BCUT2D eigenvalue weighted by atomic mass is 32.1. The number of hydrazone groups is 1. The van der Waals surface area contributed by atoms with Crippen LogP contribution in [0, 0.1) is 6.92 Å². The Morgan fingerprint density at radius 1 is 1.30 bits per heavy atom. The largest absolute Gasteiger partial charge is 0.493 e. The van der Waals surface area contributed by atoms with E-state index in [4.69, 9.17) is 9.47 Å². The van der Waals surface area contributed by atoms with E-state index in [1.807, 2.05) is 31.4 Å². The third kappa shape index (κ3) is 4.53. The third-order valence-corrected chi connectivity index (χ3v) is 4.09. The fraction of sp³-hybridized carbons (Fsp3) is 0.312. The molecule has 7 heteroatoms. The monoisotopic (exact) mass is 333 g/mol. The molecule has 6 nitrogen and oxygen atoms in total. The summed E-state index contributed by atoms with van der Waals surface area (Å²) >= 11 is 1.47. The van der Waals surface area contributed by atoms with Crippen molar-refractivity contribution >= 4 is 23.0 Å². The van der Waals surface area contributed by atoms with E-state index in [0.29, 0.717) is 17.2 Å². The van der Waals surface area contributed by atoms with Gasteiger partial charge in [-0.05, 0) is 32.0 Å². The molecule has 1 amide bonds. The maximum absolute atomic E-state index is 11.9. The second kappa shape index (κ2) is 7.73. The Labute approximate surface area is 139 Å². The second-order valence-electron chi connectivity index (χ2n) is 4.86. The zero-order valence-corrected chi connectivity index (χ0v) is 14.4. The van der Waals surface area contributed by atoms with Gasteiger partial charge >= 0.3 is 0 Å². The summed E-state index contributed by atoms with van der Waals surface area (Å²) in [6.45, 7) is 3.71. The summed E-state index contributed by atoms with van der Waals surface area (Å²) in [6, 6.07) is 5.47. The first-order valence-corrected chi connectivity index (χ1v) is 7.88. The standard InChI is InChI=1S/C16H19N3O3S/c1-10-9-23-16(17-10)8-15(20)19-18-11(2)12-5-6-13(21-3)14(7-12)22-4/h5-7,9H,8H2,1-4H3,(H,19,20)/b18-11-. The number of carbonyl (C=O) groups excluding carboxylic acids is 1. The van der Waals surface area contributed by atoms with Gasteiger partial charge in [0.1, 0.15) is 5.01 Å². The molecule has 0 unspecified atom stereocenters. The molecular formula is C16H19N3O3S. The van der Waals surface area contributed by atoms with Gasteiger partial charge in [-0.2, -0.15) is 5.10 Å². The van der Waals surface area contributed by atoms with Crippen molar-refractivity contribution in [2.45, 2.75) is 20.3 Å². The topological polar surface area (TPSA) is 72.8 Å². The van der Waals surface area contributed by atoms with Gasteiger partial charge in [-0.3, -0.25) is 4.79 Å². The van der Waals surface area contributed by atoms with Gasteiger partial charge < -0.3 is 9.47 Å². The first-order valence-electron chi connectivity index (χ1n) is 7.00. The van der Waals surface area contributed by atoms with Crippen molar-refractivity contribution in [1.82, 2.24) is 10.4 Å². The molecular weight excluding hydrogens is 314 g/mol. The van der Waals surface area contributed by atoms with Crippen LogP contribution in [0.1, 0.15) is 23.2 Å². The number of amides is 1. The number of carbonyl (C=O) groups is 1. The zero-order valence-electron chi connectivity index (χ0n) is 13.5. The van der Waals surface area contributed by atoms with E-state index in [0.717, 1.165) is 16.3 Å². The van der Waals surface area contributed by atoms with E-state index in [-0.39, 0.29) is 12.3 Å². The van der Waals surface area contributed by atoms with Crippen molar-refractivity contribution < 1.29 is 14.3 Å². The zero-order chi connectivity index (χ0) is 16.8. The number of benzene rings is 1. The Kier molecular flexibility index (Phi) is 5.70. The summed E-state index contributed by atoms with van der Waals surface area (Å²) < 4.78 is 10.5. The number of aryl methyl sites for hydroxylation is 1. The summed E-state index contributed by atoms with van der Waals surface area (Å²) in [4.78, 5) is 16.1. The first-order chi connectivity index (χ1) is 11.0. The fourth-order valence-electron chi connectivity index (χ4n) is 1.93. The highest BCUT2D eigenvalue weighted by Crippen LogP contribution is 2.27. The maximum atomic E-state index is 11.9. The Morgan fingerprint density at radius 3 is 2.65 bits per heavy atom. The van der Waals surface area contributed by atoms with Crippen LogP contribution in [0.25, 0.3) is 0 Å². The second-order valence-corrected chi connectivity index (χ2v) is 5.80. The molecule has 1 heterocycles. The fourth-order valence-corrected chi connectivity index (χ4v) is 2.70. The van der Waals surface area contributed by atoms with Crippen molar-refractivity contribution in [2.75, 3.05) is 14.2 Å². The molecule has 0 saturated heterocycles. The highest BCUT2D eigenvalue weighted by molar-refractivity contribution is 7.09. The van der Waals surface area contributed by atoms with E-state index in [2.05, 4.69) is 15.5 Å². The van der Waals surface area contributed by atoms with Crippen molar-refractivity contribution in [1.29, 1.82) is 0 Å². The number of nitrogens with zero attached hydrogens (tertiary/aromatic N) is 2. The van der Waals surface area contributed by atoms with Crippen molar-refractivity contribution in [3.05, 3.63) is 39.8 Å². The van der Waals surface area contributed by atoms with Crippen LogP contribution in [0.4, 0.5) is 0 Å². The van der Waals surface area contributed by atoms with Crippen LogP contribution in [-0.4, -0.2) is 30.8 Å². The minimum atomic E-state index is -0.195. The number of hydrogen-bond donors (Lipinski definition) is 1. The molecule has 0 spiro atoms. The van der Waals surface area contributed by atoms with E-state index < -0.39 is 0 Å². The molecule has 1 aromatic carbocycles. The third-order valence-electron chi connectivity index (χ3n) is 3.13. The van der Waals surface area contributed by atoms with Crippen LogP contribution in [0.3, 0.4) is 0 Å². The van der Waals surface area contributed by atoms with Crippen LogP contribution < -0.4 is 14.9 Å². The molecule has 2 aromatic rings. The molecule has 1 N–H and O–H groups in total. The van der Waals surface area contributed by atoms with Crippen LogP contribution >= 0.6 is 11.3 Å². The summed E-state index contributed by atoms with van der Waals surface area (Å²) in [5.41, 5.74) is 4.98. The van der Waals surface area contributed by atoms with E-state index in [1.165, 1.54) is 11.3 Å². The van der Waals surface area contributed by atoms with Crippen LogP contribution in [0.2, 0.25) is 0 Å². The van der Waals surface area contributed by atoms with E-state index in [1.54, 1.807) is 20.3 Å². The number of ether oxygens (including phenoxy) is 2. The summed E-state index contributed by atoms with van der Waals surface area (Å²) in [5.74, 6) is 1.07. The van der Waals surface area contributed by atoms with Gasteiger partial charge in [0.15, 0.2) is 11.5 Å². The molecule has 0 radical (unpaired) electrons. The van der Waals surface area contributed by atoms with Crippen molar-refractivity contribution in [2.24, 2.45) is 5.10 Å². The van der Waals surface area contributed by atoms with E-state index >= 15 is 0 Å².